The summed E-state index contributed by atoms with van der Waals surface area (Å²) in [4.78, 5) is 12.7. The third-order valence-corrected chi connectivity index (χ3v) is 5.90. The van der Waals surface area contributed by atoms with Crippen molar-refractivity contribution < 1.29 is 13.2 Å². The number of anilines is 1. The first kappa shape index (κ1) is 16.2. The number of nitrogens with one attached hydrogen (secondary N) is 1. The van der Waals surface area contributed by atoms with Crippen LogP contribution in [0.25, 0.3) is 0 Å². The standard InChI is InChI=1S/C13H13BrN2O3S2/c1-7-5-9(21(15,18)19)3-4-10(7)16-13(17)11-6-8(2)12(14)20-11/h3-6H,1-2H3,(H,16,17)(H2,15,18,19). The summed E-state index contributed by atoms with van der Waals surface area (Å²) in [7, 11) is -3.74. The molecule has 0 spiro atoms. The van der Waals surface area contributed by atoms with E-state index >= 15 is 0 Å². The third-order valence-electron chi connectivity index (χ3n) is 2.86. The zero-order valence-corrected chi connectivity index (χ0v) is 14.5. The number of hydrogen-bond donors (Lipinski definition) is 2. The number of sulfonamides is 1. The number of nitrogens with two attached hydrogens (primary N) is 1. The van der Waals surface area contributed by atoms with Crippen molar-refractivity contribution in [2.45, 2.75) is 18.7 Å². The van der Waals surface area contributed by atoms with Gasteiger partial charge in [0.2, 0.25) is 10.0 Å². The topological polar surface area (TPSA) is 89.3 Å². The second-order valence-corrected chi connectivity index (χ2v) is 8.47. The van der Waals surface area contributed by atoms with Crippen LogP contribution in [0.5, 0.6) is 0 Å². The van der Waals surface area contributed by atoms with E-state index in [4.69, 9.17) is 5.14 Å². The lowest BCUT2D eigenvalue weighted by atomic mass is 10.2. The predicted octanol–water partition coefficient (Wildman–Crippen LogP) is 3.03. The molecule has 21 heavy (non-hydrogen) atoms. The molecule has 3 N–H and O–H groups in total. The van der Waals surface area contributed by atoms with Crippen LogP contribution >= 0.6 is 27.3 Å². The van der Waals surface area contributed by atoms with E-state index in [1.54, 1.807) is 13.0 Å². The van der Waals surface area contributed by atoms with Crippen LogP contribution in [0.1, 0.15) is 20.8 Å². The number of aryl methyl sites for hydroxylation is 2. The van der Waals surface area contributed by atoms with Crippen LogP contribution < -0.4 is 10.5 Å². The van der Waals surface area contributed by atoms with Gasteiger partial charge in [0.15, 0.2) is 0 Å². The zero-order valence-electron chi connectivity index (χ0n) is 11.3. The van der Waals surface area contributed by atoms with E-state index in [2.05, 4.69) is 21.2 Å². The van der Waals surface area contributed by atoms with Crippen molar-refractivity contribution in [3.05, 3.63) is 44.1 Å². The highest BCUT2D eigenvalue weighted by Gasteiger charge is 2.14. The summed E-state index contributed by atoms with van der Waals surface area (Å²) in [6.45, 7) is 3.61. The Morgan fingerprint density at radius 3 is 2.38 bits per heavy atom. The minimum Gasteiger partial charge on any atom is -0.321 e. The smallest absolute Gasteiger partial charge is 0.265 e. The number of benzene rings is 1. The van der Waals surface area contributed by atoms with E-state index in [0.29, 0.717) is 16.1 Å². The van der Waals surface area contributed by atoms with Gasteiger partial charge in [-0.15, -0.1) is 11.3 Å². The molecular formula is C13H13BrN2O3S2. The Bertz CT molecular complexity index is 793. The lowest BCUT2D eigenvalue weighted by Crippen LogP contribution is -2.14. The first-order chi connectivity index (χ1) is 9.68. The van der Waals surface area contributed by atoms with Gasteiger partial charge >= 0.3 is 0 Å². The Morgan fingerprint density at radius 2 is 1.90 bits per heavy atom. The molecule has 2 rings (SSSR count). The number of amides is 1. The molecule has 1 aromatic carbocycles. The number of rotatable bonds is 3. The Hall–Kier alpha value is -1.22. The summed E-state index contributed by atoms with van der Waals surface area (Å²) in [5.74, 6) is -0.236. The number of halogens is 1. The lowest BCUT2D eigenvalue weighted by molar-refractivity contribution is 0.103. The van der Waals surface area contributed by atoms with Gasteiger partial charge < -0.3 is 5.32 Å². The molecule has 0 atom stereocenters. The first-order valence-electron chi connectivity index (χ1n) is 5.89. The molecule has 2 aromatic rings. The van der Waals surface area contributed by atoms with Crippen molar-refractivity contribution >= 4 is 48.9 Å². The SMILES string of the molecule is Cc1cc(S(N)(=O)=O)ccc1NC(=O)c1cc(C)c(Br)s1. The van der Waals surface area contributed by atoms with Crippen molar-refractivity contribution in [1.82, 2.24) is 0 Å². The molecule has 0 fully saturated rings. The van der Waals surface area contributed by atoms with E-state index in [0.717, 1.165) is 9.35 Å². The van der Waals surface area contributed by atoms with Crippen LogP contribution in [0.4, 0.5) is 5.69 Å². The predicted molar refractivity (Wildman–Crippen MR) is 87.3 cm³/mol. The van der Waals surface area contributed by atoms with Gasteiger partial charge in [-0.25, -0.2) is 13.6 Å². The van der Waals surface area contributed by atoms with Crippen molar-refractivity contribution in [1.29, 1.82) is 0 Å². The van der Waals surface area contributed by atoms with E-state index in [9.17, 15) is 13.2 Å². The molecule has 1 aromatic heterocycles. The van der Waals surface area contributed by atoms with Crippen LogP contribution in [0.3, 0.4) is 0 Å². The molecule has 0 unspecified atom stereocenters. The Balaban J connectivity index is 2.26. The summed E-state index contributed by atoms with van der Waals surface area (Å²) in [5, 5.41) is 7.83. The molecule has 1 amide bonds. The Morgan fingerprint density at radius 1 is 1.24 bits per heavy atom. The van der Waals surface area contributed by atoms with Gasteiger partial charge in [-0.3, -0.25) is 4.79 Å². The number of thiophene rings is 1. The van der Waals surface area contributed by atoms with Gasteiger partial charge in [0, 0.05) is 5.69 Å². The van der Waals surface area contributed by atoms with Crippen molar-refractivity contribution in [3.63, 3.8) is 0 Å². The normalized spacial score (nSPS) is 11.4. The molecule has 8 heteroatoms. The van der Waals surface area contributed by atoms with Crippen LogP contribution in [-0.4, -0.2) is 14.3 Å². The summed E-state index contributed by atoms with van der Waals surface area (Å²) in [5.41, 5.74) is 2.17. The van der Waals surface area contributed by atoms with Crippen LogP contribution in [0, 0.1) is 13.8 Å². The van der Waals surface area contributed by atoms with Gasteiger partial charge in [0.05, 0.1) is 13.6 Å². The number of hydrogen-bond acceptors (Lipinski definition) is 4. The molecule has 0 bridgehead atoms. The average molecular weight is 389 g/mol. The van der Waals surface area contributed by atoms with E-state index < -0.39 is 10.0 Å². The maximum absolute atomic E-state index is 12.1. The summed E-state index contributed by atoms with van der Waals surface area (Å²) in [6.07, 6.45) is 0. The second-order valence-electron chi connectivity index (χ2n) is 4.54. The quantitative estimate of drug-likeness (QED) is 0.846. The van der Waals surface area contributed by atoms with Gasteiger partial charge in [-0.2, -0.15) is 0 Å². The van der Waals surface area contributed by atoms with Crippen LogP contribution in [0.15, 0.2) is 32.9 Å². The zero-order chi connectivity index (χ0) is 15.8. The summed E-state index contributed by atoms with van der Waals surface area (Å²) in [6, 6.07) is 6.12. The van der Waals surface area contributed by atoms with Crippen LogP contribution in [0.2, 0.25) is 0 Å². The molecule has 0 aliphatic carbocycles. The van der Waals surface area contributed by atoms with E-state index in [-0.39, 0.29) is 10.8 Å². The molecule has 0 aliphatic heterocycles. The average Bonchev–Trinajstić information content (AvgIpc) is 2.71. The highest BCUT2D eigenvalue weighted by molar-refractivity contribution is 9.11. The minimum atomic E-state index is -3.74. The molecular weight excluding hydrogens is 376 g/mol. The maximum atomic E-state index is 12.1. The number of carbonyl (C=O) groups is 1. The first-order valence-corrected chi connectivity index (χ1v) is 9.05. The molecule has 0 aliphatic rings. The summed E-state index contributed by atoms with van der Waals surface area (Å²) >= 11 is 4.72. The lowest BCUT2D eigenvalue weighted by Gasteiger charge is -2.08. The van der Waals surface area contributed by atoms with E-state index in [1.165, 1.54) is 29.5 Å². The number of primary sulfonamides is 1. The fraction of sp³-hybridized carbons (Fsp3) is 0.154. The Labute approximate surface area is 135 Å². The van der Waals surface area contributed by atoms with Crippen molar-refractivity contribution in [2.75, 3.05) is 5.32 Å². The van der Waals surface area contributed by atoms with Gasteiger partial charge in [-0.1, -0.05) is 0 Å². The van der Waals surface area contributed by atoms with E-state index in [1.807, 2.05) is 6.92 Å². The molecule has 112 valence electrons. The fourth-order valence-corrected chi connectivity index (χ4v) is 3.74. The fourth-order valence-electron chi connectivity index (χ4n) is 1.71. The molecule has 1 heterocycles. The van der Waals surface area contributed by atoms with Crippen LogP contribution in [-0.2, 0) is 10.0 Å². The molecule has 0 saturated heterocycles. The third kappa shape index (κ3) is 3.70. The largest absolute Gasteiger partial charge is 0.321 e. The monoisotopic (exact) mass is 388 g/mol. The van der Waals surface area contributed by atoms with Crippen molar-refractivity contribution in [2.24, 2.45) is 5.14 Å². The number of carbonyl (C=O) groups excluding carboxylic acids is 1. The summed E-state index contributed by atoms with van der Waals surface area (Å²) < 4.78 is 23.4. The highest BCUT2D eigenvalue weighted by atomic mass is 79.9. The molecule has 0 saturated carbocycles. The molecule has 5 nitrogen and oxygen atoms in total. The Kier molecular flexibility index (Phi) is 4.52. The van der Waals surface area contributed by atoms with Gasteiger partial charge in [0.25, 0.3) is 5.91 Å². The van der Waals surface area contributed by atoms with Crippen molar-refractivity contribution in [3.8, 4) is 0 Å². The highest BCUT2D eigenvalue weighted by Crippen LogP contribution is 2.28. The molecule has 0 radical (unpaired) electrons. The maximum Gasteiger partial charge on any atom is 0.265 e. The van der Waals surface area contributed by atoms with Gasteiger partial charge in [-0.05, 0) is 65.2 Å². The minimum absolute atomic E-state index is 0.0210. The second kappa shape index (κ2) is 5.88. The van der Waals surface area contributed by atoms with Gasteiger partial charge in [0.1, 0.15) is 0 Å².